The molecular weight excluding hydrogens is 364 g/mol. The number of imidazole rings is 1. The number of hydrogen-bond acceptors (Lipinski definition) is 3. The average Bonchev–Trinajstić information content (AvgIpc) is 2.97. The van der Waals surface area contributed by atoms with Crippen molar-refractivity contribution in [3.8, 4) is 0 Å². The Morgan fingerprint density at radius 2 is 1.96 bits per heavy atom. The molecule has 1 heterocycles. The summed E-state index contributed by atoms with van der Waals surface area (Å²) in [7, 11) is 0. The number of halogens is 1. The molecule has 0 saturated heterocycles. The van der Waals surface area contributed by atoms with E-state index >= 15 is 0 Å². The van der Waals surface area contributed by atoms with Crippen LogP contribution in [0.15, 0.2) is 47.3 Å². The Morgan fingerprint density at radius 1 is 1.19 bits per heavy atom. The SMILES string of the molecule is CCN(CC)CCn1c(=O)[nH]c2cc(C(=O)Nc3cccc(Cl)c3)ccc21. The number of hydrogen-bond donors (Lipinski definition) is 2. The molecule has 0 aliphatic heterocycles. The van der Waals surface area contributed by atoms with Gasteiger partial charge in [0.1, 0.15) is 0 Å². The number of nitrogens with one attached hydrogen (secondary N) is 2. The van der Waals surface area contributed by atoms with Gasteiger partial charge in [0.05, 0.1) is 11.0 Å². The van der Waals surface area contributed by atoms with Gasteiger partial charge in [-0.3, -0.25) is 9.36 Å². The van der Waals surface area contributed by atoms with E-state index in [0.717, 1.165) is 25.2 Å². The number of H-pyrrole nitrogens is 1. The summed E-state index contributed by atoms with van der Waals surface area (Å²) in [6, 6.07) is 12.2. The van der Waals surface area contributed by atoms with Crippen LogP contribution in [0.1, 0.15) is 24.2 Å². The van der Waals surface area contributed by atoms with E-state index in [1.54, 1.807) is 41.0 Å². The number of amides is 1. The van der Waals surface area contributed by atoms with E-state index in [1.807, 2.05) is 6.07 Å². The molecule has 0 aliphatic carbocycles. The smallest absolute Gasteiger partial charge is 0.322 e. The van der Waals surface area contributed by atoms with Crippen LogP contribution in [0.25, 0.3) is 11.0 Å². The van der Waals surface area contributed by atoms with Gasteiger partial charge in [0.15, 0.2) is 0 Å². The fourth-order valence-electron chi connectivity index (χ4n) is 3.08. The zero-order chi connectivity index (χ0) is 19.4. The fraction of sp³-hybridized carbons (Fsp3) is 0.300. The third-order valence-corrected chi connectivity index (χ3v) is 4.89. The van der Waals surface area contributed by atoms with Crippen LogP contribution in [0.2, 0.25) is 5.02 Å². The van der Waals surface area contributed by atoms with Gasteiger partial charge in [-0.15, -0.1) is 0 Å². The van der Waals surface area contributed by atoms with Crippen molar-refractivity contribution < 1.29 is 4.79 Å². The molecule has 0 fully saturated rings. The van der Waals surface area contributed by atoms with Crippen molar-refractivity contribution in [3.05, 3.63) is 63.5 Å². The molecule has 0 spiro atoms. The van der Waals surface area contributed by atoms with Crippen molar-refractivity contribution in [2.75, 3.05) is 25.0 Å². The first kappa shape index (κ1) is 19.2. The predicted octanol–water partition coefficient (Wildman–Crippen LogP) is 3.58. The summed E-state index contributed by atoms with van der Waals surface area (Å²) < 4.78 is 1.71. The van der Waals surface area contributed by atoms with Crippen LogP contribution in [-0.2, 0) is 6.54 Å². The third kappa shape index (κ3) is 4.40. The molecular formula is C20H23ClN4O2. The molecule has 0 saturated carbocycles. The van der Waals surface area contributed by atoms with Gasteiger partial charge in [-0.05, 0) is 49.5 Å². The molecule has 0 radical (unpaired) electrons. The molecule has 0 aliphatic rings. The molecule has 1 aromatic heterocycles. The quantitative estimate of drug-likeness (QED) is 0.652. The number of rotatable bonds is 7. The highest BCUT2D eigenvalue weighted by Crippen LogP contribution is 2.18. The first-order valence-electron chi connectivity index (χ1n) is 9.03. The second kappa shape index (κ2) is 8.41. The van der Waals surface area contributed by atoms with Crippen LogP contribution in [0.4, 0.5) is 5.69 Å². The largest absolute Gasteiger partial charge is 0.326 e. The number of nitrogens with zero attached hydrogens (tertiary/aromatic N) is 2. The molecule has 0 atom stereocenters. The Labute approximate surface area is 162 Å². The van der Waals surface area contributed by atoms with Crippen molar-refractivity contribution in [1.29, 1.82) is 0 Å². The maximum absolute atomic E-state index is 12.5. The molecule has 0 bridgehead atoms. The second-order valence-corrected chi connectivity index (χ2v) is 6.74. The highest BCUT2D eigenvalue weighted by molar-refractivity contribution is 6.31. The van der Waals surface area contributed by atoms with Gasteiger partial charge in [-0.1, -0.05) is 31.5 Å². The normalized spacial score (nSPS) is 11.3. The lowest BCUT2D eigenvalue weighted by molar-refractivity contribution is 0.102. The lowest BCUT2D eigenvalue weighted by Crippen LogP contribution is -2.30. The van der Waals surface area contributed by atoms with Gasteiger partial charge < -0.3 is 15.2 Å². The molecule has 3 aromatic rings. The lowest BCUT2D eigenvalue weighted by atomic mass is 10.2. The highest BCUT2D eigenvalue weighted by atomic mass is 35.5. The van der Waals surface area contributed by atoms with Crippen LogP contribution < -0.4 is 11.0 Å². The van der Waals surface area contributed by atoms with E-state index in [9.17, 15) is 9.59 Å². The first-order valence-corrected chi connectivity index (χ1v) is 9.41. The minimum Gasteiger partial charge on any atom is -0.322 e. The molecule has 1 amide bonds. The summed E-state index contributed by atoms with van der Waals surface area (Å²) in [5, 5.41) is 3.37. The van der Waals surface area contributed by atoms with Gasteiger partial charge in [0.2, 0.25) is 0 Å². The van der Waals surface area contributed by atoms with Crippen molar-refractivity contribution in [2.45, 2.75) is 20.4 Å². The van der Waals surface area contributed by atoms with Gasteiger partial charge in [0.25, 0.3) is 5.91 Å². The molecule has 7 heteroatoms. The van der Waals surface area contributed by atoms with E-state index in [-0.39, 0.29) is 11.6 Å². The minimum atomic E-state index is -0.254. The Bertz CT molecular complexity index is 1000. The zero-order valence-corrected chi connectivity index (χ0v) is 16.2. The number of fused-ring (bicyclic) bond motifs is 1. The van der Waals surface area contributed by atoms with Crippen LogP contribution in [0.5, 0.6) is 0 Å². The molecule has 3 rings (SSSR count). The molecule has 27 heavy (non-hydrogen) atoms. The minimum absolute atomic E-state index is 0.162. The lowest BCUT2D eigenvalue weighted by Gasteiger charge is -2.17. The van der Waals surface area contributed by atoms with Crippen molar-refractivity contribution in [3.63, 3.8) is 0 Å². The number of benzene rings is 2. The summed E-state index contributed by atoms with van der Waals surface area (Å²) in [6.07, 6.45) is 0. The van der Waals surface area contributed by atoms with Crippen LogP contribution in [0.3, 0.4) is 0 Å². The first-order chi connectivity index (χ1) is 13.0. The van der Waals surface area contributed by atoms with Crippen molar-refractivity contribution >= 4 is 34.2 Å². The Kier molecular flexibility index (Phi) is 5.98. The van der Waals surface area contributed by atoms with Crippen molar-refractivity contribution in [1.82, 2.24) is 14.5 Å². The van der Waals surface area contributed by atoms with Crippen LogP contribution in [0, 0.1) is 0 Å². The summed E-state index contributed by atoms with van der Waals surface area (Å²) in [4.78, 5) is 29.9. The van der Waals surface area contributed by atoms with Gasteiger partial charge in [-0.25, -0.2) is 4.79 Å². The average molecular weight is 387 g/mol. The van der Waals surface area contributed by atoms with E-state index in [1.165, 1.54) is 0 Å². The number of likely N-dealkylation sites (N-methyl/N-ethyl adjacent to an activating group) is 1. The van der Waals surface area contributed by atoms with Crippen LogP contribution in [-0.4, -0.2) is 40.0 Å². The van der Waals surface area contributed by atoms with Gasteiger partial charge >= 0.3 is 5.69 Å². The summed E-state index contributed by atoms with van der Waals surface area (Å²) in [5.41, 5.74) is 2.38. The number of aromatic amines is 1. The fourth-order valence-corrected chi connectivity index (χ4v) is 3.27. The van der Waals surface area contributed by atoms with Gasteiger partial charge in [-0.2, -0.15) is 0 Å². The maximum atomic E-state index is 12.5. The molecule has 0 unspecified atom stereocenters. The topological polar surface area (TPSA) is 70.1 Å². The molecule has 2 aromatic carbocycles. The third-order valence-electron chi connectivity index (χ3n) is 4.65. The number of anilines is 1. The second-order valence-electron chi connectivity index (χ2n) is 6.31. The van der Waals surface area contributed by atoms with E-state index in [2.05, 4.69) is 29.0 Å². The molecule has 6 nitrogen and oxygen atoms in total. The summed E-state index contributed by atoms with van der Waals surface area (Å²) in [6.45, 7) is 7.51. The molecule has 142 valence electrons. The maximum Gasteiger partial charge on any atom is 0.326 e. The zero-order valence-electron chi connectivity index (χ0n) is 15.5. The summed E-state index contributed by atoms with van der Waals surface area (Å²) >= 11 is 5.95. The number of carbonyl (C=O) groups excluding carboxylic acids is 1. The van der Waals surface area contributed by atoms with E-state index in [4.69, 9.17) is 11.6 Å². The predicted molar refractivity (Wildman–Crippen MR) is 110 cm³/mol. The van der Waals surface area contributed by atoms with Gasteiger partial charge in [0, 0.05) is 29.4 Å². The molecule has 2 N–H and O–H groups in total. The standard InChI is InChI=1S/C20H23ClN4O2/c1-3-24(4-2)10-11-25-18-9-8-14(12-17(18)23-20(25)27)19(26)22-16-7-5-6-15(21)13-16/h5-9,12-13H,3-4,10-11H2,1-2H3,(H,22,26)(H,23,27). The Balaban J connectivity index is 1.81. The van der Waals surface area contributed by atoms with E-state index < -0.39 is 0 Å². The summed E-state index contributed by atoms with van der Waals surface area (Å²) in [5.74, 6) is -0.254. The highest BCUT2D eigenvalue weighted by Gasteiger charge is 2.12. The number of aromatic nitrogens is 2. The number of carbonyl (C=O) groups is 1. The van der Waals surface area contributed by atoms with E-state index in [0.29, 0.717) is 28.3 Å². The monoisotopic (exact) mass is 386 g/mol. The van der Waals surface area contributed by atoms with Crippen LogP contribution >= 0.6 is 11.6 Å². The Hall–Kier alpha value is -2.57. The van der Waals surface area contributed by atoms with Crippen molar-refractivity contribution in [2.24, 2.45) is 0 Å². The Morgan fingerprint density at radius 3 is 2.67 bits per heavy atom.